The number of amides is 2. The molecule has 1 rings (SSSR count). The van der Waals surface area contributed by atoms with Crippen molar-refractivity contribution in [1.82, 2.24) is 10.2 Å². The molecule has 20 heavy (non-hydrogen) atoms. The van der Waals surface area contributed by atoms with Gasteiger partial charge in [-0.15, -0.1) is 0 Å². The minimum atomic E-state index is -0.548. The van der Waals surface area contributed by atoms with Gasteiger partial charge in [-0.25, -0.2) is 0 Å². The van der Waals surface area contributed by atoms with Gasteiger partial charge in [-0.2, -0.15) is 0 Å². The number of nitrogens with two attached hydrogens (primary N) is 1. The molecule has 0 unspecified atom stereocenters. The van der Waals surface area contributed by atoms with Crippen molar-refractivity contribution < 1.29 is 9.59 Å². The van der Waals surface area contributed by atoms with Gasteiger partial charge in [0.25, 0.3) is 0 Å². The highest BCUT2D eigenvalue weighted by atomic mass is 16.2. The van der Waals surface area contributed by atoms with E-state index in [1.807, 2.05) is 18.7 Å². The molecule has 3 N–H and O–H groups in total. The van der Waals surface area contributed by atoms with Crippen LogP contribution in [0.4, 0.5) is 0 Å². The molecule has 0 heterocycles. The smallest absolute Gasteiger partial charge is 0.242 e. The van der Waals surface area contributed by atoms with Crippen LogP contribution in [0.15, 0.2) is 0 Å². The molecule has 1 saturated carbocycles. The zero-order valence-electron chi connectivity index (χ0n) is 13.2. The Hall–Kier alpha value is -1.10. The van der Waals surface area contributed by atoms with Gasteiger partial charge in [0, 0.05) is 12.6 Å². The van der Waals surface area contributed by atoms with E-state index < -0.39 is 6.04 Å². The first-order valence-electron chi connectivity index (χ1n) is 7.65. The standard InChI is InChI=1S/C15H29N3O2/c1-10(2)7-8-18(12-5-6-12)13(19)9-17-15(20)14(16)11(3)4/h10-12,14H,5-9,16H2,1-4H3,(H,17,20)/t14-/m0/s1. The van der Waals surface area contributed by atoms with E-state index in [1.54, 1.807) is 0 Å². The first-order chi connectivity index (χ1) is 9.32. The molecule has 0 bridgehead atoms. The molecule has 1 aliphatic carbocycles. The Labute approximate surface area is 122 Å². The summed E-state index contributed by atoms with van der Waals surface area (Å²) in [5.41, 5.74) is 5.76. The summed E-state index contributed by atoms with van der Waals surface area (Å²) in [6.07, 6.45) is 3.17. The first kappa shape index (κ1) is 17.0. The van der Waals surface area contributed by atoms with Crippen molar-refractivity contribution in [2.75, 3.05) is 13.1 Å². The normalized spacial score (nSPS) is 16.4. The summed E-state index contributed by atoms with van der Waals surface area (Å²) < 4.78 is 0. The van der Waals surface area contributed by atoms with Gasteiger partial charge in [0.1, 0.15) is 0 Å². The van der Waals surface area contributed by atoms with Gasteiger partial charge in [0.05, 0.1) is 12.6 Å². The van der Waals surface area contributed by atoms with E-state index in [0.29, 0.717) is 12.0 Å². The maximum atomic E-state index is 12.2. The van der Waals surface area contributed by atoms with E-state index in [0.717, 1.165) is 25.8 Å². The van der Waals surface area contributed by atoms with E-state index in [1.165, 1.54) is 0 Å². The number of hydrogen-bond donors (Lipinski definition) is 2. The maximum Gasteiger partial charge on any atom is 0.242 e. The van der Waals surface area contributed by atoms with Crippen LogP contribution in [0.1, 0.15) is 47.0 Å². The van der Waals surface area contributed by atoms with E-state index in [9.17, 15) is 9.59 Å². The topological polar surface area (TPSA) is 75.4 Å². The van der Waals surface area contributed by atoms with Crippen LogP contribution in [0.25, 0.3) is 0 Å². The third-order valence-corrected chi connectivity index (χ3v) is 3.69. The van der Waals surface area contributed by atoms with Crippen LogP contribution in [-0.4, -0.2) is 41.9 Å². The number of carbonyl (C=O) groups excluding carboxylic acids is 2. The lowest BCUT2D eigenvalue weighted by molar-refractivity contribution is -0.134. The molecule has 0 aromatic heterocycles. The number of nitrogens with one attached hydrogen (secondary N) is 1. The molecule has 0 aromatic rings. The highest BCUT2D eigenvalue weighted by Gasteiger charge is 2.32. The highest BCUT2D eigenvalue weighted by Crippen LogP contribution is 2.27. The van der Waals surface area contributed by atoms with Gasteiger partial charge < -0.3 is 16.0 Å². The molecule has 1 aliphatic rings. The van der Waals surface area contributed by atoms with Crippen molar-refractivity contribution in [3.8, 4) is 0 Å². The fourth-order valence-corrected chi connectivity index (χ4v) is 1.98. The van der Waals surface area contributed by atoms with Crippen molar-refractivity contribution in [2.45, 2.75) is 59.0 Å². The second-order valence-electron chi connectivity index (χ2n) is 6.49. The predicted octanol–water partition coefficient (Wildman–Crippen LogP) is 1.12. The van der Waals surface area contributed by atoms with Crippen LogP contribution in [0.5, 0.6) is 0 Å². The largest absolute Gasteiger partial charge is 0.346 e. The fraction of sp³-hybridized carbons (Fsp3) is 0.867. The summed E-state index contributed by atoms with van der Waals surface area (Å²) in [5, 5.41) is 2.66. The fourth-order valence-electron chi connectivity index (χ4n) is 1.98. The second-order valence-corrected chi connectivity index (χ2v) is 6.49. The summed E-state index contributed by atoms with van der Waals surface area (Å²) in [6.45, 7) is 8.94. The summed E-state index contributed by atoms with van der Waals surface area (Å²) in [7, 11) is 0. The third-order valence-electron chi connectivity index (χ3n) is 3.69. The van der Waals surface area contributed by atoms with Crippen LogP contribution >= 0.6 is 0 Å². The quantitative estimate of drug-likeness (QED) is 0.701. The SMILES string of the molecule is CC(C)CCN(C(=O)CNC(=O)[C@@H](N)C(C)C)C1CC1. The molecule has 1 fully saturated rings. The van der Waals surface area contributed by atoms with Crippen LogP contribution < -0.4 is 11.1 Å². The molecule has 0 saturated heterocycles. The van der Waals surface area contributed by atoms with Crippen molar-refractivity contribution in [3.05, 3.63) is 0 Å². The number of rotatable bonds is 8. The molecule has 5 nitrogen and oxygen atoms in total. The average Bonchev–Trinajstić information content (AvgIpc) is 3.19. The number of nitrogens with zero attached hydrogens (tertiary/aromatic N) is 1. The van der Waals surface area contributed by atoms with Gasteiger partial charge in [-0.05, 0) is 31.1 Å². The summed E-state index contributed by atoms with van der Waals surface area (Å²) >= 11 is 0. The molecule has 0 aliphatic heterocycles. The van der Waals surface area contributed by atoms with E-state index in [2.05, 4.69) is 19.2 Å². The Morgan fingerprint density at radius 2 is 1.85 bits per heavy atom. The molecular formula is C15H29N3O2. The summed E-state index contributed by atoms with van der Waals surface area (Å²) in [6, 6.07) is -0.162. The van der Waals surface area contributed by atoms with Crippen LogP contribution in [0.3, 0.4) is 0 Å². The van der Waals surface area contributed by atoms with Gasteiger partial charge >= 0.3 is 0 Å². The third kappa shape index (κ3) is 5.49. The molecule has 0 spiro atoms. The summed E-state index contributed by atoms with van der Waals surface area (Å²) in [5.74, 6) is 0.420. The van der Waals surface area contributed by atoms with E-state index in [4.69, 9.17) is 5.73 Å². The Balaban J connectivity index is 2.40. The van der Waals surface area contributed by atoms with Crippen LogP contribution in [-0.2, 0) is 9.59 Å². The lowest BCUT2D eigenvalue weighted by atomic mass is 10.1. The zero-order chi connectivity index (χ0) is 15.3. The van der Waals surface area contributed by atoms with Gasteiger partial charge in [0.2, 0.25) is 11.8 Å². The molecule has 5 heteroatoms. The lowest BCUT2D eigenvalue weighted by Crippen LogP contribution is -2.48. The second kappa shape index (κ2) is 7.62. The lowest BCUT2D eigenvalue weighted by Gasteiger charge is -2.24. The molecule has 0 aromatic carbocycles. The van der Waals surface area contributed by atoms with Crippen molar-refractivity contribution >= 4 is 11.8 Å². The minimum Gasteiger partial charge on any atom is -0.346 e. The Morgan fingerprint density at radius 3 is 2.30 bits per heavy atom. The van der Waals surface area contributed by atoms with Crippen LogP contribution in [0.2, 0.25) is 0 Å². The molecule has 0 radical (unpaired) electrons. The Bertz CT molecular complexity index is 338. The molecule has 1 atom stereocenters. The maximum absolute atomic E-state index is 12.2. The van der Waals surface area contributed by atoms with Gasteiger partial charge in [0.15, 0.2) is 0 Å². The average molecular weight is 283 g/mol. The molecule has 116 valence electrons. The van der Waals surface area contributed by atoms with Gasteiger partial charge in [-0.3, -0.25) is 9.59 Å². The Morgan fingerprint density at radius 1 is 1.25 bits per heavy atom. The predicted molar refractivity (Wildman–Crippen MR) is 80.0 cm³/mol. The van der Waals surface area contributed by atoms with Gasteiger partial charge in [-0.1, -0.05) is 27.7 Å². The van der Waals surface area contributed by atoms with E-state index in [-0.39, 0.29) is 24.3 Å². The minimum absolute atomic E-state index is 0.0115. The summed E-state index contributed by atoms with van der Waals surface area (Å²) in [4.78, 5) is 25.9. The number of hydrogen-bond acceptors (Lipinski definition) is 3. The monoisotopic (exact) mass is 283 g/mol. The van der Waals surface area contributed by atoms with Crippen molar-refractivity contribution in [2.24, 2.45) is 17.6 Å². The molecule has 2 amide bonds. The number of carbonyl (C=O) groups is 2. The van der Waals surface area contributed by atoms with E-state index >= 15 is 0 Å². The van der Waals surface area contributed by atoms with Crippen molar-refractivity contribution in [3.63, 3.8) is 0 Å². The Kier molecular flexibility index (Phi) is 6.46. The highest BCUT2D eigenvalue weighted by molar-refractivity contribution is 5.87. The van der Waals surface area contributed by atoms with Crippen LogP contribution in [0, 0.1) is 11.8 Å². The van der Waals surface area contributed by atoms with Crippen molar-refractivity contribution in [1.29, 1.82) is 0 Å². The first-order valence-corrected chi connectivity index (χ1v) is 7.65. The molecular weight excluding hydrogens is 254 g/mol. The zero-order valence-corrected chi connectivity index (χ0v) is 13.2.